The van der Waals surface area contributed by atoms with Crippen molar-refractivity contribution in [3.63, 3.8) is 0 Å². The molecule has 17 heavy (non-hydrogen) atoms. The third kappa shape index (κ3) is 1.96. The molecule has 0 saturated heterocycles. The molecule has 0 bridgehead atoms. The number of fused-ring (bicyclic) bond motifs is 1. The minimum atomic E-state index is -0.489. The van der Waals surface area contributed by atoms with E-state index in [-0.39, 0.29) is 11.4 Å². The average molecular weight is 231 g/mol. The molecular weight excluding hydrogens is 222 g/mol. The summed E-state index contributed by atoms with van der Waals surface area (Å²) in [4.78, 5) is 29.6. The number of hydrogen-bond acceptors (Lipinski definition) is 5. The van der Waals surface area contributed by atoms with Crippen LogP contribution in [-0.2, 0) is 0 Å². The molecule has 0 unspecified atom stereocenters. The molecule has 0 saturated carbocycles. The van der Waals surface area contributed by atoms with Crippen molar-refractivity contribution in [2.24, 2.45) is 0 Å². The highest BCUT2D eigenvalue weighted by molar-refractivity contribution is 5.82. The van der Waals surface area contributed by atoms with Gasteiger partial charge in [-0.3, -0.25) is 19.9 Å². The molecule has 0 aliphatic heterocycles. The first-order valence-electron chi connectivity index (χ1n) is 4.93. The summed E-state index contributed by atoms with van der Waals surface area (Å²) in [5.41, 5.74) is 0.785. The van der Waals surface area contributed by atoms with Gasteiger partial charge in [-0.05, 0) is 19.9 Å². The van der Waals surface area contributed by atoms with Crippen molar-refractivity contribution in [2.75, 3.05) is 0 Å². The van der Waals surface area contributed by atoms with Crippen molar-refractivity contribution in [1.29, 1.82) is 0 Å². The van der Waals surface area contributed by atoms with Crippen LogP contribution in [0.5, 0.6) is 0 Å². The molecule has 86 valence electrons. The highest BCUT2D eigenvalue weighted by Crippen LogP contribution is 2.19. The van der Waals surface area contributed by atoms with Crippen LogP contribution in [0.2, 0.25) is 0 Å². The largest absolute Gasteiger partial charge is 0.291 e. The fourth-order valence-corrected chi connectivity index (χ4v) is 1.57. The van der Waals surface area contributed by atoms with Gasteiger partial charge < -0.3 is 0 Å². The third-order valence-corrected chi connectivity index (χ3v) is 2.45. The molecule has 1 heterocycles. The van der Waals surface area contributed by atoms with Gasteiger partial charge in [0.2, 0.25) is 0 Å². The number of aromatic nitrogens is 2. The maximum atomic E-state index is 11.5. The SMILES string of the molecule is Cc1nc(C)c2cc([N+](=O)[O-])ccc2nc1=O. The standard InChI is InChI=1S/C11H9N3O3/c1-6-9-5-8(14(16)17)3-4-10(9)13-11(15)7(2)12-6/h3-5H,1-2H3. The second-order valence-corrected chi connectivity index (χ2v) is 3.66. The zero-order valence-electron chi connectivity index (χ0n) is 9.30. The van der Waals surface area contributed by atoms with E-state index in [4.69, 9.17) is 0 Å². The lowest BCUT2D eigenvalue weighted by atomic mass is 10.2. The predicted molar refractivity (Wildman–Crippen MR) is 61.9 cm³/mol. The molecule has 2 rings (SSSR count). The number of nitro groups is 1. The molecule has 2 aromatic rings. The van der Waals surface area contributed by atoms with Gasteiger partial charge in [0.1, 0.15) is 5.69 Å². The van der Waals surface area contributed by atoms with E-state index in [0.717, 1.165) is 0 Å². The van der Waals surface area contributed by atoms with Crippen LogP contribution in [0.25, 0.3) is 10.9 Å². The average Bonchev–Trinajstić information content (AvgIpc) is 2.37. The molecule has 1 aromatic heterocycles. The van der Waals surface area contributed by atoms with Crippen molar-refractivity contribution in [1.82, 2.24) is 9.97 Å². The molecule has 0 radical (unpaired) electrons. The van der Waals surface area contributed by atoms with Crippen LogP contribution < -0.4 is 5.56 Å². The van der Waals surface area contributed by atoms with Gasteiger partial charge >= 0.3 is 0 Å². The summed E-state index contributed by atoms with van der Waals surface area (Å²) in [6, 6.07) is 4.16. The van der Waals surface area contributed by atoms with Gasteiger partial charge in [-0.15, -0.1) is 0 Å². The van der Waals surface area contributed by atoms with Gasteiger partial charge in [0.15, 0.2) is 0 Å². The van der Waals surface area contributed by atoms with Crippen LogP contribution in [0.4, 0.5) is 5.69 Å². The van der Waals surface area contributed by atoms with Crippen molar-refractivity contribution in [2.45, 2.75) is 13.8 Å². The predicted octanol–water partition coefficient (Wildman–Crippen LogP) is 1.52. The summed E-state index contributed by atoms with van der Waals surface area (Å²) in [5.74, 6) is 0. The third-order valence-electron chi connectivity index (χ3n) is 2.45. The molecular formula is C11H9N3O3. The minimum Gasteiger partial charge on any atom is -0.265 e. The Labute approximate surface area is 96.1 Å². The molecule has 0 aliphatic carbocycles. The highest BCUT2D eigenvalue weighted by Gasteiger charge is 2.09. The smallest absolute Gasteiger partial charge is 0.265 e. The maximum absolute atomic E-state index is 11.5. The van der Waals surface area contributed by atoms with Crippen LogP contribution in [0.1, 0.15) is 11.4 Å². The minimum absolute atomic E-state index is 0.0412. The van der Waals surface area contributed by atoms with Crippen LogP contribution >= 0.6 is 0 Å². The van der Waals surface area contributed by atoms with E-state index in [0.29, 0.717) is 16.6 Å². The Morgan fingerprint density at radius 3 is 2.53 bits per heavy atom. The van der Waals surface area contributed by atoms with Crippen molar-refractivity contribution in [3.05, 3.63) is 50.1 Å². The van der Waals surface area contributed by atoms with Crippen LogP contribution in [0.3, 0.4) is 0 Å². The first-order valence-corrected chi connectivity index (χ1v) is 4.93. The Hall–Kier alpha value is -2.37. The molecule has 1 aromatic carbocycles. The molecule has 6 nitrogen and oxygen atoms in total. The highest BCUT2D eigenvalue weighted by atomic mass is 16.6. The molecule has 0 fully saturated rings. The van der Waals surface area contributed by atoms with Gasteiger partial charge in [-0.1, -0.05) is 0 Å². The topological polar surface area (TPSA) is 86.0 Å². The summed E-state index contributed by atoms with van der Waals surface area (Å²) in [5, 5.41) is 11.2. The summed E-state index contributed by atoms with van der Waals surface area (Å²) >= 11 is 0. The van der Waals surface area contributed by atoms with Gasteiger partial charge in [0.05, 0.1) is 10.4 Å². The van der Waals surface area contributed by atoms with E-state index in [1.165, 1.54) is 18.2 Å². The van der Waals surface area contributed by atoms with Gasteiger partial charge in [0, 0.05) is 23.2 Å². The molecule has 0 amide bonds. The quantitative estimate of drug-likeness (QED) is 0.548. The number of hydrogen-bond donors (Lipinski definition) is 0. The zero-order valence-corrected chi connectivity index (χ0v) is 9.30. The molecule has 0 spiro atoms. The molecule has 0 aliphatic rings. The second kappa shape index (κ2) is 3.89. The Balaban J connectivity index is 2.92. The van der Waals surface area contributed by atoms with Crippen LogP contribution in [0, 0.1) is 24.0 Å². The number of nitrogens with zero attached hydrogens (tertiary/aromatic N) is 3. The first kappa shape index (κ1) is 11.1. The van der Waals surface area contributed by atoms with Crippen molar-refractivity contribution >= 4 is 16.6 Å². The number of benzene rings is 1. The number of rotatable bonds is 1. The van der Waals surface area contributed by atoms with E-state index in [1.807, 2.05) is 0 Å². The Kier molecular flexibility index (Phi) is 2.55. The Morgan fingerprint density at radius 1 is 1.18 bits per heavy atom. The summed E-state index contributed by atoms with van der Waals surface area (Å²) < 4.78 is 0. The summed E-state index contributed by atoms with van der Waals surface area (Å²) in [6.45, 7) is 3.26. The fraction of sp³-hybridized carbons (Fsp3) is 0.182. The number of non-ortho nitro benzene ring substituents is 1. The van der Waals surface area contributed by atoms with E-state index in [2.05, 4.69) is 9.97 Å². The van der Waals surface area contributed by atoms with Crippen molar-refractivity contribution < 1.29 is 4.92 Å². The van der Waals surface area contributed by atoms with Crippen molar-refractivity contribution in [3.8, 4) is 0 Å². The summed E-state index contributed by atoms with van der Waals surface area (Å²) in [6.07, 6.45) is 0. The van der Waals surface area contributed by atoms with E-state index in [1.54, 1.807) is 13.8 Å². The van der Waals surface area contributed by atoms with Crippen LogP contribution in [-0.4, -0.2) is 14.9 Å². The molecule has 0 atom stereocenters. The van der Waals surface area contributed by atoms with E-state index in [9.17, 15) is 14.9 Å². The van der Waals surface area contributed by atoms with Gasteiger partial charge in [-0.25, -0.2) is 4.98 Å². The lowest BCUT2D eigenvalue weighted by molar-refractivity contribution is -0.384. The van der Waals surface area contributed by atoms with Gasteiger partial charge in [0.25, 0.3) is 11.2 Å². The Bertz CT molecular complexity index is 683. The molecule has 0 N–H and O–H groups in total. The van der Waals surface area contributed by atoms with E-state index >= 15 is 0 Å². The molecule has 6 heteroatoms. The first-order chi connectivity index (χ1) is 7.99. The monoisotopic (exact) mass is 231 g/mol. The zero-order chi connectivity index (χ0) is 12.6. The maximum Gasteiger partial charge on any atom is 0.291 e. The number of nitro benzene ring substituents is 1. The van der Waals surface area contributed by atoms with Crippen LogP contribution in [0.15, 0.2) is 23.0 Å². The fourth-order valence-electron chi connectivity index (χ4n) is 1.57. The lowest BCUT2D eigenvalue weighted by Gasteiger charge is -1.94. The Morgan fingerprint density at radius 2 is 1.88 bits per heavy atom. The van der Waals surface area contributed by atoms with E-state index < -0.39 is 10.5 Å². The lowest BCUT2D eigenvalue weighted by Crippen LogP contribution is -2.06. The number of aryl methyl sites for hydroxylation is 2. The normalized spacial score (nSPS) is 10.5. The summed E-state index contributed by atoms with van der Waals surface area (Å²) in [7, 11) is 0. The van der Waals surface area contributed by atoms with Gasteiger partial charge in [-0.2, -0.15) is 0 Å². The second-order valence-electron chi connectivity index (χ2n) is 3.66.